The highest BCUT2D eigenvalue weighted by Crippen LogP contribution is 2.30. The molecule has 0 amide bonds. The maximum Gasteiger partial charge on any atom is 0.176 e. The molecule has 3 heteroatoms. The van der Waals surface area contributed by atoms with Crippen LogP contribution in [-0.2, 0) is 0 Å². The molecule has 1 aromatic carbocycles. The van der Waals surface area contributed by atoms with Gasteiger partial charge in [0, 0.05) is 5.56 Å². The van der Waals surface area contributed by atoms with Gasteiger partial charge >= 0.3 is 0 Å². The van der Waals surface area contributed by atoms with E-state index in [-0.39, 0.29) is 5.78 Å². The number of hydrogen-bond acceptors (Lipinski definition) is 3. The molecule has 0 bridgehead atoms. The van der Waals surface area contributed by atoms with Crippen molar-refractivity contribution in [2.24, 2.45) is 0 Å². The molecule has 2 rings (SSSR count). The first-order valence-corrected chi connectivity index (χ1v) is 6.67. The van der Waals surface area contributed by atoms with Gasteiger partial charge in [-0.1, -0.05) is 24.3 Å². The quantitative estimate of drug-likeness (QED) is 0.824. The van der Waals surface area contributed by atoms with Gasteiger partial charge in [0.05, 0.1) is 6.54 Å². The van der Waals surface area contributed by atoms with Crippen molar-refractivity contribution in [3.63, 3.8) is 0 Å². The zero-order valence-corrected chi connectivity index (χ0v) is 11.3. The fraction of sp³-hybridized carbons (Fsp3) is 0.533. The number of benzene rings is 1. The van der Waals surface area contributed by atoms with E-state index >= 15 is 0 Å². The summed E-state index contributed by atoms with van der Waals surface area (Å²) in [6, 6.07) is 8.09. The van der Waals surface area contributed by atoms with E-state index in [0.29, 0.717) is 12.5 Å². The second kappa shape index (κ2) is 6.12. The van der Waals surface area contributed by atoms with Gasteiger partial charge in [0.2, 0.25) is 0 Å². The number of carbonyl (C=O) groups is 1. The molecule has 1 heterocycles. The van der Waals surface area contributed by atoms with E-state index in [1.165, 1.54) is 5.56 Å². The molecule has 0 aliphatic carbocycles. The summed E-state index contributed by atoms with van der Waals surface area (Å²) < 4.78 is 0. The molecule has 3 nitrogen and oxygen atoms in total. The Bertz CT molecular complexity index is 409. The Hall–Kier alpha value is -1.19. The third kappa shape index (κ3) is 2.98. The van der Waals surface area contributed by atoms with Gasteiger partial charge in [-0.2, -0.15) is 0 Å². The number of rotatable bonds is 4. The maximum atomic E-state index is 12.1. The summed E-state index contributed by atoms with van der Waals surface area (Å²) in [6.45, 7) is 2.67. The SMILES string of the molecule is CNCC(=O)c1ccccc1C1CCN(C)CC1. The standard InChI is InChI=1S/C15H22N2O/c1-16-11-15(18)14-6-4-3-5-13(14)12-7-9-17(2)10-8-12/h3-6,12,16H,7-11H2,1-2H3. The number of ketones is 1. The Morgan fingerprint density at radius 2 is 2.00 bits per heavy atom. The Morgan fingerprint density at radius 3 is 2.67 bits per heavy atom. The molecule has 1 fully saturated rings. The molecule has 18 heavy (non-hydrogen) atoms. The average Bonchev–Trinajstić information content (AvgIpc) is 2.40. The number of Topliss-reactive ketones (excluding diaryl/α,β-unsaturated/α-hetero) is 1. The summed E-state index contributed by atoms with van der Waals surface area (Å²) in [5, 5.41) is 2.95. The Labute approximate surface area is 109 Å². The largest absolute Gasteiger partial charge is 0.313 e. The number of likely N-dealkylation sites (N-methyl/N-ethyl adjacent to an activating group) is 1. The van der Waals surface area contributed by atoms with E-state index in [0.717, 1.165) is 31.5 Å². The van der Waals surface area contributed by atoms with E-state index < -0.39 is 0 Å². The molecule has 0 atom stereocenters. The molecule has 1 aromatic rings. The van der Waals surface area contributed by atoms with Crippen molar-refractivity contribution >= 4 is 5.78 Å². The molecule has 0 spiro atoms. The molecule has 98 valence electrons. The third-order valence-electron chi connectivity index (χ3n) is 3.76. The normalized spacial score (nSPS) is 17.9. The summed E-state index contributed by atoms with van der Waals surface area (Å²) in [5.74, 6) is 0.741. The summed E-state index contributed by atoms with van der Waals surface area (Å²) in [5.41, 5.74) is 2.15. The first-order chi connectivity index (χ1) is 8.72. The van der Waals surface area contributed by atoms with Crippen LogP contribution in [0.5, 0.6) is 0 Å². The fourth-order valence-corrected chi connectivity index (χ4v) is 2.68. The van der Waals surface area contributed by atoms with Crippen LogP contribution in [0.2, 0.25) is 0 Å². The minimum Gasteiger partial charge on any atom is -0.313 e. The average molecular weight is 246 g/mol. The van der Waals surface area contributed by atoms with E-state index in [1.54, 1.807) is 0 Å². The highest BCUT2D eigenvalue weighted by atomic mass is 16.1. The summed E-state index contributed by atoms with van der Waals surface area (Å²) in [6.07, 6.45) is 2.31. The van der Waals surface area contributed by atoms with Gasteiger partial charge in [-0.25, -0.2) is 0 Å². The minimum atomic E-state index is 0.201. The molecular weight excluding hydrogens is 224 g/mol. The molecule has 0 radical (unpaired) electrons. The Kier molecular flexibility index (Phi) is 4.50. The van der Waals surface area contributed by atoms with Crippen LogP contribution in [0.3, 0.4) is 0 Å². The molecule has 1 N–H and O–H groups in total. The van der Waals surface area contributed by atoms with Gasteiger partial charge in [0.1, 0.15) is 0 Å². The molecule has 0 saturated carbocycles. The summed E-state index contributed by atoms with van der Waals surface area (Å²) in [4.78, 5) is 14.5. The second-order valence-corrected chi connectivity index (χ2v) is 5.12. The Morgan fingerprint density at radius 1 is 1.33 bits per heavy atom. The highest BCUT2D eigenvalue weighted by Gasteiger charge is 2.22. The van der Waals surface area contributed by atoms with Crippen molar-refractivity contribution in [1.82, 2.24) is 10.2 Å². The number of carbonyl (C=O) groups excluding carboxylic acids is 1. The molecule has 1 aliphatic heterocycles. The van der Waals surface area contributed by atoms with E-state index in [4.69, 9.17) is 0 Å². The van der Waals surface area contributed by atoms with Crippen LogP contribution in [0, 0.1) is 0 Å². The number of piperidine rings is 1. The van der Waals surface area contributed by atoms with Crippen LogP contribution in [0.1, 0.15) is 34.7 Å². The Balaban J connectivity index is 2.19. The zero-order valence-electron chi connectivity index (χ0n) is 11.3. The van der Waals surface area contributed by atoms with Gasteiger partial charge in [0.15, 0.2) is 5.78 Å². The zero-order chi connectivity index (χ0) is 13.0. The second-order valence-electron chi connectivity index (χ2n) is 5.12. The number of nitrogens with zero attached hydrogens (tertiary/aromatic N) is 1. The highest BCUT2D eigenvalue weighted by molar-refractivity contribution is 5.99. The van der Waals surface area contributed by atoms with Crippen LogP contribution in [0.4, 0.5) is 0 Å². The van der Waals surface area contributed by atoms with E-state index in [1.807, 2.05) is 25.2 Å². The van der Waals surface area contributed by atoms with Crippen LogP contribution < -0.4 is 5.32 Å². The van der Waals surface area contributed by atoms with E-state index in [9.17, 15) is 4.79 Å². The number of likely N-dealkylation sites (tertiary alicyclic amines) is 1. The van der Waals surface area contributed by atoms with Crippen molar-refractivity contribution in [1.29, 1.82) is 0 Å². The molecule has 0 unspecified atom stereocenters. The van der Waals surface area contributed by atoms with E-state index in [2.05, 4.69) is 23.3 Å². The monoisotopic (exact) mass is 246 g/mol. The lowest BCUT2D eigenvalue weighted by Crippen LogP contribution is -2.30. The van der Waals surface area contributed by atoms with Gasteiger partial charge in [-0.3, -0.25) is 4.79 Å². The van der Waals surface area contributed by atoms with Crippen molar-refractivity contribution < 1.29 is 4.79 Å². The van der Waals surface area contributed by atoms with Crippen LogP contribution >= 0.6 is 0 Å². The first kappa shape index (κ1) is 13.2. The van der Waals surface area contributed by atoms with Crippen molar-refractivity contribution in [3.05, 3.63) is 35.4 Å². The molecular formula is C15H22N2O. The summed E-state index contributed by atoms with van der Waals surface area (Å²) >= 11 is 0. The lowest BCUT2D eigenvalue weighted by molar-refractivity contribution is 0.0991. The van der Waals surface area contributed by atoms with Crippen LogP contribution in [-0.4, -0.2) is 44.4 Å². The smallest absolute Gasteiger partial charge is 0.176 e. The molecule has 0 aromatic heterocycles. The van der Waals surface area contributed by atoms with Crippen molar-refractivity contribution in [2.75, 3.05) is 33.7 Å². The minimum absolute atomic E-state index is 0.201. The van der Waals surface area contributed by atoms with Gasteiger partial charge < -0.3 is 10.2 Å². The van der Waals surface area contributed by atoms with Crippen molar-refractivity contribution in [3.8, 4) is 0 Å². The fourth-order valence-electron chi connectivity index (χ4n) is 2.68. The number of hydrogen-bond donors (Lipinski definition) is 1. The lowest BCUT2D eigenvalue weighted by atomic mass is 9.85. The van der Waals surface area contributed by atoms with Gasteiger partial charge in [0.25, 0.3) is 0 Å². The van der Waals surface area contributed by atoms with Crippen LogP contribution in [0.15, 0.2) is 24.3 Å². The third-order valence-corrected chi connectivity index (χ3v) is 3.76. The molecule has 1 saturated heterocycles. The lowest BCUT2D eigenvalue weighted by Gasteiger charge is -2.30. The maximum absolute atomic E-state index is 12.1. The summed E-state index contributed by atoms with van der Waals surface area (Å²) in [7, 11) is 3.98. The van der Waals surface area contributed by atoms with Gasteiger partial charge in [-0.05, 0) is 51.5 Å². The molecule has 1 aliphatic rings. The van der Waals surface area contributed by atoms with Gasteiger partial charge in [-0.15, -0.1) is 0 Å². The predicted molar refractivity (Wildman–Crippen MR) is 74.2 cm³/mol. The first-order valence-electron chi connectivity index (χ1n) is 6.67. The predicted octanol–water partition coefficient (Wildman–Crippen LogP) is 1.90. The topological polar surface area (TPSA) is 32.3 Å². The number of nitrogens with one attached hydrogen (secondary N) is 1. The van der Waals surface area contributed by atoms with Crippen molar-refractivity contribution in [2.45, 2.75) is 18.8 Å². The van der Waals surface area contributed by atoms with Crippen LogP contribution in [0.25, 0.3) is 0 Å².